The fourth-order valence-electron chi connectivity index (χ4n) is 1.63. The van der Waals surface area contributed by atoms with E-state index in [0.29, 0.717) is 6.04 Å². The van der Waals surface area contributed by atoms with Crippen LogP contribution in [0, 0.1) is 12.3 Å². The lowest BCUT2D eigenvalue weighted by atomic mass is 10.0. The predicted molar refractivity (Wildman–Crippen MR) is 54.9 cm³/mol. The molecular formula is C12H13N. The van der Waals surface area contributed by atoms with Crippen LogP contribution in [0.1, 0.15) is 13.3 Å². The molecule has 1 atom stereocenters. The minimum atomic E-state index is 0.646. The van der Waals surface area contributed by atoms with E-state index in [2.05, 4.69) is 36.1 Å². The van der Waals surface area contributed by atoms with E-state index in [4.69, 9.17) is 6.42 Å². The maximum Gasteiger partial charge on any atom is 0.0652 e. The lowest BCUT2D eigenvalue weighted by Gasteiger charge is -2.09. The highest BCUT2D eigenvalue weighted by Gasteiger charge is 2.31. The fraction of sp³-hybridized carbons (Fsp3) is 0.333. The van der Waals surface area contributed by atoms with E-state index in [1.54, 1.807) is 0 Å². The average Bonchev–Trinajstić information content (AvgIpc) is 2.91. The quantitative estimate of drug-likeness (QED) is 0.454. The Morgan fingerprint density at radius 1 is 1.85 bits per heavy atom. The first-order valence-corrected chi connectivity index (χ1v) is 4.66. The Labute approximate surface area is 79.4 Å². The van der Waals surface area contributed by atoms with Gasteiger partial charge in [-0.25, -0.2) is 0 Å². The molecule has 2 rings (SSSR count). The topological polar surface area (TPSA) is 3.01 Å². The Balaban J connectivity index is 2.21. The minimum absolute atomic E-state index is 0.646. The van der Waals surface area contributed by atoms with Gasteiger partial charge in [-0.3, -0.25) is 0 Å². The first-order valence-electron chi connectivity index (χ1n) is 4.66. The maximum absolute atomic E-state index is 5.27. The molecule has 0 aliphatic carbocycles. The summed E-state index contributed by atoms with van der Waals surface area (Å²) in [6, 6.07) is 0.646. The van der Waals surface area contributed by atoms with Crippen LogP contribution in [0.4, 0.5) is 0 Å². The molecule has 1 heteroatoms. The van der Waals surface area contributed by atoms with Crippen molar-refractivity contribution in [1.82, 2.24) is 4.90 Å². The molecule has 0 radical (unpaired) electrons. The standard InChI is InChI=1S/C12H13N/c1-3-5-10(4-2)11-6-7-13-9-12(13)8-11/h1,5-8,12H,4,9H2,2H3/b10-5+. The summed E-state index contributed by atoms with van der Waals surface area (Å²) in [4.78, 5) is 2.30. The molecule has 0 saturated carbocycles. The van der Waals surface area contributed by atoms with Gasteiger partial charge in [0.15, 0.2) is 0 Å². The number of rotatable bonds is 2. The monoisotopic (exact) mass is 171 g/mol. The molecule has 66 valence electrons. The van der Waals surface area contributed by atoms with Gasteiger partial charge in [0.1, 0.15) is 0 Å². The van der Waals surface area contributed by atoms with Gasteiger partial charge in [-0.15, -0.1) is 6.42 Å². The minimum Gasteiger partial charge on any atom is -0.367 e. The van der Waals surface area contributed by atoms with Crippen molar-refractivity contribution in [2.45, 2.75) is 19.4 Å². The Hall–Kier alpha value is -1.42. The zero-order valence-corrected chi connectivity index (χ0v) is 7.83. The second kappa shape index (κ2) is 3.14. The van der Waals surface area contributed by atoms with Gasteiger partial charge in [-0.05, 0) is 29.7 Å². The number of hydrogen-bond acceptors (Lipinski definition) is 1. The first kappa shape index (κ1) is 8.19. The lowest BCUT2D eigenvalue weighted by Crippen LogP contribution is -1.98. The van der Waals surface area contributed by atoms with Crippen LogP contribution in [-0.4, -0.2) is 17.5 Å². The molecule has 13 heavy (non-hydrogen) atoms. The van der Waals surface area contributed by atoms with Crippen molar-refractivity contribution in [2.24, 2.45) is 0 Å². The molecule has 1 saturated heterocycles. The molecule has 0 bridgehead atoms. The van der Waals surface area contributed by atoms with Gasteiger partial charge in [0.05, 0.1) is 6.04 Å². The first-order chi connectivity index (χ1) is 6.35. The van der Waals surface area contributed by atoms with Crippen LogP contribution in [0.15, 0.2) is 35.6 Å². The molecule has 0 aromatic rings. The molecule has 1 fully saturated rings. The summed E-state index contributed by atoms with van der Waals surface area (Å²) >= 11 is 0. The van der Waals surface area contributed by atoms with E-state index in [9.17, 15) is 0 Å². The van der Waals surface area contributed by atoms with Crippen LogP contribution in [0.2, 0.25) is 0 Å². The number of nitrogens with zero attached hydrogens (tertiary/aromatic N) is 1. The van der Waals surface area contributed by atoms with Gasteiger partial charge >= 0.3 is 0 Å². The molecule has 0 aromatic heterocycles. The summed E-state index contributed by atoms with van der Waals surface area (Å²) in [6.07, 6.45) is 14.7. The smallest absolute Gasteiger partial charge is 0.0652 e. The van der Waals surface area contributed by atoms with Gasteiger partial charge in [0, 0.05) is 12.7 Å². The van der Waals surface area contributed by atoms with Gasteiger partial charge in [0.2, 0.25) is 0 Å². The van der Waals surface area contributed by atoms with Gasteiger partial charge in [-0.1, -0.05) is 18.9 Å². The molecule has 0 N–H and O–H groups in total. The molecule has 1 unspecified atom stereocenters. The van der Waals surface area contributed by atoms with E-state index >= 15 is 0 Å². The van der Waals surface area contributed by atoms with E-state index in [-0.39, 0.29) is 0 Å². The summed E-state index contributed by atoms with van der Waals surface area (Å²) in [7, 11) is 0. The van der Waals surface area contributed by atoms with Crippen LogP contribution >= 0.6 is 0 Å². The highest BCUT2D eigenvalue weighted by atomic mass is 15.3. The van der Waals surface area contributed by atoms with Crippen molar-refractivity contribution < 1.29 is 0 Å². The second-order valence-corrected chi connectivity index (χ2v) is 3.39. The van der Waals surface area contributed by atoms with Crippen LogP contribution in [-0.2, 0) is 0 Å². The van der Waals surface area contributed by atoms with Crippen molar-refractivity contribution in [3.63, 3.8) is 0 Å². The van der Waals surface area contributed by atoms with Crippen molar-refractivity contribution in [3.05, 3.63) is 35.6 Å². The Morgan fingerprint density at radius 3 is 3.31 bits per heavy atom. The summed E-state index contributed by atoms with van der Waals surface area (Å²) in [5, 5.41) is 0. The van der Waals surface area contributed by atoms with Gasteiger partial charge in [-0.2, -0.15) is 0 Å². The molecular weight excluding hydrogens is 158 g/mol. The predicted octanol–water partition coefficient (Wildman–Crippen LogP) is 2.09. The summed E-state index contributed by atoms with van der Waals surface area (Å²) in [5.41, 5.74) is 2.57. The third-order valence-electron chi connectivity index (χ3n) is 2.52. The third kappa shape index (κ3) is 1.53. The van der Waals surface area contributed by atoms with Crippen LogP contribution in [0.5, 0.6) is 0 Å². The third-order valence-corrected chi connectivity index (χ3v) is 2.52. The highest BCUT2D eigenvalue weighted by Crippen LogP contribution is 2.29. The largest absolute Gasteiger partial charge is 0.367 e. The molecule has 0 amide bonds. The van der Waals surface area contributed by atoms with E-state index < -0.39 is 0 Å². The Bertz CT molecular complexity index is 339. The van der Waals surface area contributed by atoms with E-state index in [1.807, 2.05) is 6.08 Å². The van der Waals surface area contributed by atoms with E-state index in [0.717, 1.165) is 6.42 Å². The molecule has 2 heterocycles. The number of allylic oxidation sites excluding steroid dienone is 4. The highest BCUT2D eigenvalue weighted by molar-refractivity contribution is 5.46. The van der Waals surface area contributed by atoms with Crippen LogP contribution in [0.3, 0.4) is 0 Å². The van der Waals surface area contributed by atoms with Crippen molar-refractivity contribution in [1.29, 1.82) is 0 Å². The van der Waals surface area contributed by atoms with Crippen LogP contribution < -0.4 is 0 Å². The summed E-state index contributed by atoms with van der Waals surface area (Å²) in [5.74, 6) is 2.59. The number of hydrogen-bond donors (Lipinski definition) is 0. The molecule has 1 nitrogen and oxygen atoms in total. The SMILES string of the molecule is C#C/C=C(\CC)C1=CC2CN2C=C1. The zero-order valence-electron chi connectivity index (χ0n) is 7.83. The zero-order chi connectivity index (χ0) is 9.26. The van der Waals surface area contributed by atoms with Crippen LogP contribution in [0.25, 0.3) is 0 Å². The summed E-state index contributed by atoms with van der Waals surface area (Å²) < 4.78 is 0. The van der Waals surface area contributed by atoms with Crippen molar-refractivity contribution in [2.75, 3.05) is 6.54 Å². The van der Waals surface area contributed by atoms with Gasteiger partial charge in [0.25, 0.3) is 0 Å². The number of fused-ring (bicyclic) bond motifs is 1. The lowest BCUT2D eigenvalue weighted by molar-refractivity contribution is 0.718. The maximum atomic E-state index is 5.27. The Kier molecular flexibility index (Phi) is 1.98. The average molecular weight is 171 g/mol. The second-order valence-electron chi connectivity index (χ2n) is 3.39. The number of terminal acetylenes is 1. The molecule has 0 aromatic carbocycles. The summed E-state index contributed by atoms with van der Waals surface area (Å²) in [6.45, 7) is 3.31. The fourth-order valence-corrected chi connectivity index (χ4v) is 1.63. The van der Waals surface area contributed by atoms with Crippen molar-refractivity contribution >= 4 is 0 Å². The molecule has 0 spiro atoms. The van der Waals surface area contributed by atoms with Crippen molar-refractivity contribution in [3.8, 4) is 12.3 Å². The molecule has 2 aliphatic heterocycles. The Morgan fingerprint density at radius 2 is 2.69 bits per heavy atom. The molecule has 2 aliphatic rings. The van der Waals surface area contributed by atoms with E-state index in [1.165, 1.54) is 17.7 Å². The normalized spacial score (nSPS) is 24.9. The van der Waals surface area contributed by atoms with Gasteiger partial charge < -0.3 is 4.90 Å².